The molecule has 1 aliphatic rings. The van der Waals surface area contributed by atoms with Crippen LogP contribution in [0.3, 0.4) is 0 Å². The number of sulfonamides is 2. The topological polar surface area (TPSA) is 82.4 Å². The Balaban J connectivity index is 0.000000724. The molecule has 1 aliphatic heterocycles. The molecule has 0 amide bonds. The van der Waals surface area contributed by atoms with Crippen LogP contribution >= 0.6 is 0 Å². The average molecular weight is 607 g/mol. The number of unbranched alkanes of at least 4 members (excludes halogenated alkanes) is 4. The number of piperidine rings is 1. The molecule has 0 saturated carbocycles. The normalized spacial score (nSPS) is 17.7. The molecule has 224 valence electrons. The predicted octanol–water partition coefficient (Wildman–Crippen LogP) is 6.70. The van der Waals surface area contributed by atoms with Gasteiger partial charge in [0.15, 0.2) is 20.0 Å². The van der Waals surface area contributed by atoms with Gasteiger partial charge in [-0.2, -0.15) is 43.9 Å². The van der Waals surface area contributed by atoms with Gasteiger partial charge in [-0.25, -0.2) is 16.8 Å². The fourth-order valence-electron chi connectivity index (χ4n) is 3.78. The number of alkyl halides is 10. The summed E-state index contributed by atoms with van der Waals surface area (Å²) >= 11 is 0. The van der Waals surface area contributed by atoms with Gasteiger partial charge < -0.3 is 8.61 Å². The molecule has 0 atom stereocenters. The summed E-state index contributed by atoms with van der Waals surface area (Å²) in [6.07, 6.45) is -0.974. The second-order valence-electron chi connectivity index (χ2n) is 8.76. The van der Waals surface area contributed by atoms with Crippen LogP contribution in [0.25, 0.3) is 4.13 Å². The molecule has 0 aromatic heterocycles. The Hall–Kier alpha value is -0.880. The highest BCUT2D eigenvalue weighted by molar-refractivity contribution is 8.13. The molecule has 1 fully saturated rings. The third-order valence-electron chi connectivity index (χ3n) is 5.70. The van der Waals surface area contributed by atoms with E-state index in [1.54, 1.807) is 0 Å². The van der Waals surface area contributed by atoms with Crippen molar-refractivity contribution in [1.82, 2.24) is 0 Å². The molecule has 1 rings (SSSR count). The Kier molecular flexibility index (Phi) is 13.1. The van der Waals surface area contributed by atoms with E-state index in [1.807, 2.05) is 0 Å². The van der Waals surface area contributed by atoms with Gasteiger partial charge in [-0.1, -0.05) is 33.1 Å². The highest BCUT2D eigenvalue weighted by Gasteiger charge is 2.68. The fraction of sp³-hybridized carbons (Fsp3) is 1.00. The summed E-state index contributed by atoms with van der Waals surface area (Å²) in [5.74, 6) is 0. The number of halogens is 10. The lowest BCUT2D eigenvalue weighted by atomic mass is 10.0. The summed E-state index contributed by atoms with van der Waals surface area (Å²) in [4.78, 5) is 0. The van der Waals surface area contributed by atoms with Crippen molar-refractivity contribution < 1.29 is 65.2 Å². The summed E-state index contributed by atoms with van der Waals surface area (Å²) in [5, 5.41) is -14.0. The van der Waals surface area contributed by atoms with Crippen molar-refractivity contribution in [2.75, 3.05) is 26.2 Å². The molecule has 0 aromatic carbocycles. The zero-order valence-corrected chi connectivity index (χ0v) is 21.9. The van der Waals surface area contributed by atoms with Gasteiger partial charge >= 0.3 is 22.9 Å². The zero-order valence-electron chi connectivity index (χ0n) is 20.3. The van der Waals surface area contributed by atoms with Crippen LogP contribution < -0.4 is 0 Å². The van der Waals surface area contributed by atoms with Crippen molar-refractivity contribution in [3.8, 4) is 0 Å². The van der Waals surface area contributed by atoms with Gasteiger partial charge in [0.25, 0.3) is 0 Å². The Bertz CT molecular complexity index is 839. The highest BCUT2D eigenvalue weighted by atomic mass is 32.3. The third-order valence-corrected chi connectivity index (χ3v) is 9.03. The number of likely N-dealkylation sites (tertiary alicyclic amines) is 1. The molecule has 0 spiro atoms. The van der Waals surface area contributed by atoms with Crippen molar-refractivity contribution >= 4 is 20.0 Å². The lowest BCUT2D eigenvalue weighted by molar-refractivity contribution is -0.932. The number of nitrogens with zero attached hydrogens (tertiary/aromatic N) is 2. The van der Waals surface area contributed by atoms with Crippen LogP contribution in [0.5, 0.6) is 0 Å². The molecule has 0 bridgehead atoms. The SMILES string of the molecule is CCCCCCC[N+]1(CCC)CCCCC1.O=S(=O)([N-]S(=O)(=O)C(F)(F)C(F)(F)F)C(F)(F)C(F)(F)F. The van der Waals surface area contributed by atoms with E-state index in [1.165, 1.54) is 88.4 Å². The summed E-state index contributed by atoms with van der Waals surface area (Å²) in [5.41, 5.74) is 0. The van der Waals surface area contributed by atoms with Gasteiger partial charge in [0.05, 0.1) is 26.2 Å². The Morgan fingerprint density at radius 3 is 1.35 bits per heavy atom. The molecule has 1 saturated heterocycles. The van der Waals surface area contributed by atoms with Gasteiger partial charge in [-0.3, -0.25) is 0 Å². The summed E-state index contributed by atoms with van der Waals surface area (Å²) in [7, 11) is -15.2. The largest absolute Gasteiger partial charge is 0.467 e. The van der Waals surface area contributed by atoms with E-state index in [9.17, 15) is 60.7 Å². The van der Waals surface area contributed by atoms with E-state index in [4.69, 9.17) is 0 Å². The predicted molar refractivity (Wildman–Crippen MR) is 116 cm³/mol. The molecule has 0 aliphatic carbocycles. The lowest BCUT2D eigenvalue weighted by Crippen LogP contribution is -2.52. The maximum atomic E-state index is 12.3. The van der Waals surface area contributed by atoms with Gasteiger partial charge in [-0.05, 0) is 38.5 Å². The molecule has 18 heteroatoms. The number of quaternary nitrogens is 1. The van der Waals surface area contributed by atoms with E-state index < -0.39 is 42.9 Å². The molecular weight excluding hydrogens is 574 g/mol. The van der Waals surface area contributed by atoms with Crippen LogP contribution in [-0.2, 0) is 20.0 Å². The third kappa shape index (κ3) is 9.67. The zero-order chi connectivity index (χ0) is 29.4. The average Bonchev–Trinajstić information content (AvgIpc) is 2.72. The smallest absolute Gasteiger partial charge is 0.425 e. The quantitative estimate of drug-likeness (QED) is 0.141. The lowest BCUT2D eigenvalue weighted by Gasteiger charge is -2.41. The first-order valence-electron chi connectivity index (χ1n) is 11.5. The number of rotatable bonds is 12. The minimum absolute atomic E-state index is 0.422. The monoisotopic (exact) mass is 606 g/mol. The second-order valence-corrected chi connectivity index (χ2v) is 12.3. The summed E-state index contributed by atoms with van der Waals surface area (Å²) in [6, 6.07) is 0. The summed E-state index contributed by atoms with van der Waals surface area (Å²) in [6.45, 7) is 10.5. The molecular formula is C19H32F10N2O4S2. The molecule has 0 aromatic rings. The van der Waals surface area contributed by atoms with E-state index >= 15 is 0 Å². The van der Waals surface area contributed by atoms with Crippen LogP contribution in [0.2, 0.25) is 0 Å². The first kappa shape index (κ1) is 36.1. The number of hydrogen-bond donors (Lipinski definition) is 0. The van der Waals surface area contributed by atoms with Gasteiger partial charge in [0.2, 0.25) is 0 Å². The van der Waals surface area contributed by atoms with E-state index in [0.717, 1.165) is 0 Å². The van der Waals surface area contributed by atoms with Crippen LogP contribution in [0, 0.1) is 0 Å². The van der Waals surface area contributed by atoms with Crippen molar-refractivity contribution in [1.29, 1.82) is 0 Å². The standard InChI is InChI=1S/C15H32N.C4F10NO4S2/c1-3-5-6-7-9-13-16(12-4-2)14-10-8-11-15-16;5-1(6,7)3(11,12)20(16,17)15-21(18,19)4(13,14)2(8,9)10/h3-15H2,1-2H3;/q+1;-1. The molecule has 37 heavy (non-hydrogen) atoms. The van der Waals surface area contributed by atoms with Gasteiger partial charge in [-0.15, -0.1) is 0 Å². The van der Waals surface area contributed by atoms with E-state index in [0.29, 0.717) is 4.13 Å². The summed E-state index contributed by atoms with van der Waals surface area (Å²) < 4.78 is 163. The highest BCUT2D eigenvalue weighted by Crippen LogP contribution is 2.47. The van der Waals surface area contributed by atoms with E-state index in [2.05, 4.69) is 13.8 Å². The fourth-order valence-corrected chi connectivity index (χ4v) is 6.15. The molecule has 6 nitrogen and oxygen atoms in total. The van der Waals surface area contributed by atoms with Gasteiger partial charge in [0.1, 0.15) is 0 Å². The Morgan fingerprint density at radius 2 is 1.00 bits per heavy atom. The number of hydrogen-bond acceptors (Lipinski definition) is 4. The minimum atomic E-state index is -7.62. The van der Waals surface area contributed by atoms with Crippen molar-refractivity contribution in [3.63, 3.8) is 0 Å². The molecule has 0 radical (unpaired) electrons. The van der Waals surface area contributed by atoms with Gasteiger partial charge in [0, 0.05) is 0 Å². The van der Waals surface area contributed by atoms with Crippen LogP contribution in [0.1, 0.15) is 71.6 Å². The maximum absolute atomic E-state index is 12.3. The van der Waals surface area contributed by atoms with E-state index in [-0.39, 0.29) is 0 Å². The van der Waals surface area contributed by atoms with Crippen LogP contribution in [-0.4, -0.2) is 70.4 Å². The van der Waals surface area contributed by atoms with Crippen LogP contribution in [0.15, 0.2) is 0 Å². The van der Waals surface area contributed by atoms with Crippen molar-refractivity contribution in [2.45, 2.75) is 94.5 Å². The van der Waals surface area contributed by atoms with Crippen LogP contribution in [0.4, 0.5) is 43.9 Å². The molecule has 1 heterocycles. The molecule has 0 N–H and O–H groups in total. The Morgan fingerprint density at radius 1 is 0.595 bits per heavy atom. The second kappa shape index (κ2) is 13.5. The molecule has 0 unspecified atom stereocenters. The Labute approximate surface area is 210 Å². The maximum Gasteiger partial charge on any atom is 0.467 e. The first-order chi connectivity index (χ1) is 16.5. The first-order valence-corrected chi connectivity index (χ1v) is 14.4. The van der Waals surface area contributed by atoms with Crippen molar-refractivity contribution in [3.05, 3.63) is 4.13 Å². The minimum Gasteiger partial charge on any atom is -0.425 e. The van der Waals surface area contributed by atoms with Crippen molar-refractivity contribution in [2.24, 2.45) is 0 Å².